The zero-order chi connectivity index (χ0) is 15.6. The molecule has 23 heavy (non-hydrogen) atoms. The Balaban J connectivity index is 1.51. The van der Waals surface area contributed by atoms with Gasteiger partial charge in [-0.1, -0.05) is 42.1 Å². The van der Waals surface area contributed by atoms with E-state index in [1.54, 1.807) is 11.8 Å². The molecule has 3 heteroatoms. The first-order chi connectivity index (χ1) is 11.3. The second kappa shape index (κ2) is 6.09. The first-order valence-electron chi connectivity index (χ1n) is 7.69. The van der Waals surface area contributed by atoms with E-state index in [2.05, 4.69) is 47.8 Å². The fourth-order valence-electron chi connectivity index (χ4n) is 2.78. The first kappa shape index (κ1) is 14.3. The van der Waals surface area contributed by atoms with E-state index in [-0.39, 0.29) is 5.82 Å². The summed E-state index contributed by atoms with van der Waals surface area (Å²) in [4.78, 5) is 2.52. The number of para-hydroxylation sites is 1. The molecule has 0 bridgehead atoms. The number of anilines is 2. The molecule has 1 N–H and O–H groups in total. The van der Waals surface area contributed by atoms with Crippen molar-refractivity contribution in [1.82, 2.24) is 0 Å². The molecule has 4 rings (SSSR count). The van der Waals surface area contributed by atoms with E-state index < -0.39 is 0 Å². The molecule has 0 aromatic heterocycles. The van der Waals surface area contributed by atoms with Gasteiger partial charge in [-0.3, -0.25) is 0 Å². The van der Waals surface area contributed by atoms with Crippen molar-refractivity contribution in [1.29, 1.82) is 0 Å². The van der Waals surface area contributed by atoms with E-state index in [9.17, 15) is 4.39 Å². The first-order valence-corrected chi connectivity index (χ1v) is 8.51. The summed E-state index contributed by atoms with van der Waals surface area (Å²) in [7, 11) is 0. The van der Waals surface area contributed by atoms with E-state index in [0.717, 1.165) is 18.4 Å². The topological polar surface area (TPSA) is 12.0 Å². The highest BCUT2D eigenvalue weighted by Crippen LogP contribution is 2.44. The van der Waals surface area contributed by atoms with Crippen molar-refractivity contribution < 1.29 is 4.39 Å². The van der Waals surface area contributed by atoms with Crippen LogP contribution in [0, 0.1) is 5.82 Å². The highest BCUT2D eigenvalue weighted by molar-refractivity contribution is 7.99. The van der Waals surface area contributed by atoms with Gasteiger partial charge < -0.3 is 5.32 Å². The standard InChI is InChI=1S/C20H16FNS/c21-16-10-7-14(8-11-16)5-6-15-9-12-20-18(13-15)22-17-3-1-2-4-19(17)23-20/h1-4,7-13,22H,5-6H2. The molecule has 0 radical (unpaired) electrons. The van der Waals surface area contributed by atoms with Gasteiger partial charge in [0.05, 0.1) is 11.4 Å². The Morgan fingerprint density at radius 3 is 2.30 bits per heavy atom. The molecule has 0 spiro atoms. The minimum atomic E-state index is -0.178. The highest BCUT2D eigenvalue weighted by Gasteiger charge is 2.15. The number of fused-ring (bicyclic) bond motifs is 2. The zero-order valence-corrected chi connectivity index (χ0v) is 13.4. The average Bonchev–Trinajstić information content (AvgIpc) is 2.59. The monoisotopic (exact) mass is 321 g/mol. The molecule has 1 aliphatic heterocycles. The minimum Gasteiger partial charge on any atom is -0.354 e. The lowest BCUT2D eigenvalue weighted by Crippen LogP contribution is -2.01. The van der Waals surface area contributed by atoms with Crippen LogP contribution >= 0.6 is 11.8 Å². The molecule has 114 valence electrons. The fourth-order valence-corrected chi connectivity index (χ4v) is 3.75. The molecule has 0 atom stereocenters. The van der Waals surface area contributed by atoms with Crippen LogP contribution in [0.5, 0.6) is 0 Å². The summed E-state index contributed by atoms with van der Waals surface area (Å²) in [6.07, 6.45) is 1.87. The maximum atomic E-state index is 12.9. The van der Waals surface area contributed by atoms with Crippen molar-refractivity contribution in [2.75, 3.05) is 5.32 Å². The van der Waals surface area contributed by atoms with E-state index in [0.29, 0.717) is 0 Å². The SMILES string of the molecule is Fc1ccc(CCc2ccc3c(c2)Nc2ccccc2S3)cc1. The molecule has 0 amide bonds. The van der Waals surface area contributed by atoms with Crippen molar-refractivity contribution in [3.8, 4) is 0 Å². The van der Waals surface area contributed by atoms with Gasteiger partial charge in [0.25, 0.3) is 0 Å². The van der Waals surface area contributed by atoms with Crippen LogP contribution in [0.1, 0.15) is 11.1 Å². The summed E-state index contributed by atoms with van der Waals surface area (Å²) < 4.78 is 12.9. The number of halogens is 1. The molecular weight excluding hydrogens is 305 g/mol. The Morgan fingerprint density at radius 1 is 0.739 bits per heavy atom. The average molecular weight is 321 g/mol. The van der Waals surface area contributed by atoms with E-state index in [4.69, 9.17) is 0 Å². The molecule has 0 saturated carbocycles. The van der Waals surface area contributed by atoms with Crippen molar-refractivity contribution >= 4 is 23.1 Å². The van der Waals surface area contributed by atoms with E-state index in [1.165, 1.54) is 38.9 Å². The number of hydrogen-bond acceptors (Lipinski definition) is 2. The van der Waals surface area contributed by atoms with Crippen molar-refractivity contribution in [3.63, 3.8) is 0 Å². The van der Waals surface area contributed by atoms with Crippen LogP contribution in [0.3, 0.4) is 0 Å². The zero-order valence-electron chi connectivity index (χ0n) is 12.6. The molecule has 0 saturated heterocycles. The van der Waals surface area contributed by atoms with Crippen LogP contribution in [-0.2, 0) is 12.8 Å². The maximum Gasteiger partial charge on any atom is 0.123 e. The van der Waals surface area contributed by atoms with E-state index in [1.807, 2.05) is 12.1 Å². The summed E-state index contributed by atoms with van der Waals surface area (Å²) in [6, 6.07) is 21.7. The third-order valence-electron chi connectivity index (χ3n) is 4.04. The quantitative estimate of drug-likeness (QED) is 0.510. The predicted molar refractivity (Wildman–Crippen MR) is 94.1 cm³/mol. The van der Waals surface area contributed by atoms with Gasteiger partial charge in [-0.25, -0.2) is 4.39 Å². The Morgan fingerprint density at radius 2 is 1.43 bits per heavy atom. The maximum absolute atomic E-state index is 12.9. The fraction of sp³-hybridized carbons (Fsp3) is 0.100. The Kier molecular flexibility index (Phi) is 3.80. The summed E-state index contributed by atoms with van der Waals surface area (Å²) in [5.74, 6) is -0.178. The van der Waals surface area contributed by atoms with Crippen LogP contribution < -0.4 is 5.32 Å². The third kappa shape index (κ3) is 3.10. The van der Waals surface area contributed by atoms with Crippen LogP contribution in [-0.4, -0.2) is 0 Å². The third-order valence-corrected chi connectivity index (χ3v) is 5.19. The molecule has 0 aliphatic carbocycles. The summed E-state index contributed by atoms with van der Waals surface area (Å²) >= 11 is 1.80. The molecule has 0 fully saturated rings. The molecule has 0 unspecified atom stereocenters. The van der Waals surface area contributed by atoms with Crippen molar-refractivity contribution in [3.05, 3.63) is 83.7 Å². The Hall–Kier alpha value is -2.26. The lowest BCUT2D eigenvalue weighted by molar-refractivity contribution is 0.627. The molecular formula is C20H16FNS. The number of benzene rings is 3. The molecule has 1 heterocycles. The summed E-state index contributed by atoms with van der Waals surface area (Å²) in [5.41, 5.74) is 4.79. The van der Waals surface area contributed by atoms with Crippen LogP contribution in [0.15, 0.2) is 76.5 Å². The van der Waals surface area contributed by atoms with Crippen LogP contribution in [0.25, 0.3) is 0 Å². The van der Waals surface area contributed by atoms with E-state index >= 15 is 0 Å². The second-order valence-electron chi connectivity index (χ2n) is 5.68. The van der Waals surface area contributed by atoms with Gasteiger partial charge in [0.15, 0.2) is 0 Å². The molecule has 1 nitrogen and oxygen atoms in total. The smallest absolute Gasteiger partial charge is 0.123 e. The second-order valence-corrected chi connectivity index (χ2v) is 6.76. The van der Waals surface area contributed by atoms with Gasteiger partial charge in [-0.2, -0.15) is 0 Å². The Bertz CT molecular complexity index is 843. The molecule has 1 aliphatic rings. The normalized spacial score (nSPS) is 12.2. The highest BCUT2D eigenvalue weighted by atomic mass is 32.2. The van der Waals surface area contributed by atoms with Gasteiger partial charge >= 0.3 is 0 Å². The number of rotatable bonds is 3. The number of aryl methyl sites for hydroxylation is 2. The largest absolute Gasteiger partial charge is 0.354 e. The van der Waals surface area contributed by atoms with Crippen molar-refractivity contribution in [2.45, 2.75) is 22.6 Å². The summed E-state index contributed by atoms with van der Waals surface area (Å²) in [6.45, 7) is 0. The van der Waals surface area contributed by atoms with Gasteiger partial charge in [0.2, 0.25) is 0 Å². The number of nitrogens with one attached hydrogen (secondary N) is 1. The van der Waals surface area contributed by atoms with Crippen molar-refractivity contribution in [2.24, 2.45) is 0 Å². The lowest BCUT2D eigenvalue weighted by Gasteiger charge is -2.21. The Labute approximate surface area is 139 Å². The van der Waals surface area contributed by atoms with Crippen LogP contribution in [0.4, 0.5) is 15.8 Å². The van der Waals surface area contributed by atoms with Gasteiger partial charge in [-0.05, 0) is 60.4 Å². The van der Waals surface area contributed by atoms with Gasteiger partial charge in [0.1, 0.15) is 5.82 Å². The number of hydrogen-bond donors (Lipinski definition) is 1. The minimum absolute atomic E-state index is 0.178. The molecule has 3 aromatic carbocycles. The van der Waals surface area contributed by atoms with Gasteiger partial charge in [-0.15, -0.1) is 0 Å². The molecule has 3 aromatic rings. The van der Waals surface area contributed by atoms with Gasteiger partial charge in [0, 0.05) is 9.79 Å². The van der Waals surface area contributed by atoms with Crippen LogP contribution in [0.2, 0.25) is 0 Å². The predicted octanol–water partition coefficient (Wildman–Crippen LogP) is 5.82. The summed E-state index contributed by atoms with van der Waals surface area (Å²) in [5, 5.41) is 3.52. The lowest BCUT2D eigenvalue weighted by atomic mass is 10.0.